The number of carbonyl (C=O) groups is 3. The van der Waals surface area contributed by atoms with E-state index >= 15 is 0 Å². The zero-order valence-electron chi connectivity index (χ0n) is 16.1. The molecule has 6 heteroatoms. The molecule has 0 unspecified atom stereocenters. The smallest absolute Gasteiger partial charge is 0.337 e. The van der Waals surface area contributed by atoms with Crippen LogP contribution in [0, 0.1) is 6.92 Å². The molecule has 0 aliphatic heterocycles. The molecular weight excluding hydrogens is 368 g/mol. The first-order chi connectivity index (χ1) is 14.0. The van der Waals surface area contributed by atoms with E-state index in [9.17, 15) is 14.4 Å². The summed E-state index contributed by atoms with van der Waals surface area (Å²) in [5.41, 5.74) is 3.52. The number of carbonyl (C=O) groups excluding carboxylic acids is 3. The van der Waals surface area contributed by atoms with Crippen molar-refractivity contribution in [2.24, 2.45) is 0 Å². The molecule has 2 amide bonds. The quantitative estimate of drug-likeness (QED) is 0.639. The second kappa shape index (κ2) is 8.84. The van der Waals surface area contributed by atoms with Crippen molar-refractivity contribution in [3.8, 4) is 0 Å². The molecule has 0 fully saturated rings. The summed E-state index contributed by atoms with van der Waals surface area (Å²) in [6.07, 6.45) is 0. The molecule has 0 aromatic heterocycles. The van der Waals surface area contributed by atoms with E-state index < -0.39 is 5.97 Å². The molecule has 0 spiro atoms. The molecule has 0 heterocycles. The molecule has 0 radical (unpaired) electrons. The van der Waals surface area contributed by atoms with E-state index in [0.29, 0.717) is 22.4 Å². The highest BCUT2D eigenvalue weighted by atomic mass is 16.5. The van der Waals surface area contributed by atoms with Crippen molar-refractivity contribution in [1.29, 1.82) is 0 Å². The van der Waals surface area contributed by atoms with Crippen LogP contribution in [-0.4, -0.2) is 24.9 Å². The molecule has 0 aliphatic carbocycles. The molecule has 3 rings (SSSR count). The summed E-state index contributed by atoms with van der Waals surface area (Å²) < 4.78 is 4.64. The Morgan fingerprint density at radius 2 is 1.21 bits per heavy atom. The number of amides is 2. The predicted octanol–water partition coefficient (Wildman–Crippen LogP) is 4.29. The molecule has 29 heavy (non-hydrogen) atoms. The van der Waals surface area contributed by atoms with Crippen molar-refractivity contribution < 1.29 is 19.1 Å². The standard InChI is InChI=1S/C23H20N2O4/c1-15-5-3-4-6-20(15)25-22(27)17-9-7-16(8-10-17)21(26)24-19-13-11-18(12-14-19)23(28)29-2/h3-14H,1-2H3,(H,24,26)(H,25,27). The number of rotatable bonds is 5. The summed E-state index contributed by atoms with van der Waals surface area (Å²) in [5.74, 6) is -1.01. The molecular formula is C23H20N2O4. The lowest BCUT2D eigenvalue weighted by molar-refractivity contribution is 0.0600. The summed E-state index contributed by atoms with van der Waals surface area (Å²) >= 11 is 0. The number of anilines is 2. The fraction of sp³-hybridized carbons (Fsp3) is 0.0870. The number of ether oxygens (including phenoxy) is 1. The van der Waals surface area contributed by atoms with E-state index in [1.165, 1.54) is 7.11 Å². The summed E-state index contributed by atoms with van der Waals surface area (Å²) in [4.78, 5) is 36.3. The van der Waals surface area contributed by atoms with E-state index in [-0.39, 0.29) is 11.8 Å². The van der Waals surface area contributed by atoms with Crippen molar-refractivity contribution in [1.82, 2.24) is 0 Å². The number of aryl methyl sites for hydroxylation is 1. The monoisotopic (exact) mass is 388 g/mol. The normalized spacial score (nSPS) is 10.1. The maximum absolute atomic E-state index is 12.4. The number of methoxy groups -OCH3 is 1. The Labute approximate surface area is 168 Å². The van der Waals surface area contributed by atoms with Crippen LogP contribution < -0.4 is 10.6 Å². The fourth-order valence-electron chi connectivity index (χ4n) is 2.69. The molecule has 3 aromatic rings. The number of para-hydroxylation sites is 1. The number of hydrogen-bond donors (Lipinski definition) is 2. The SMILES string of the molecule is COC(=O)c1ccc(NC(=O)c2ccc(C(=O)Nc3ccccc3C)cc2)cc1. The second-order valence-corrected chi connectivity index (χ2v) is 6.37. The van der Waals surface area contributed by atoms with Crippen LogP contribution in [-0.2, 0) is 4.74 Å². The van der Waals surface area contributed by atoms with Gasteiger partial charge in [0.05, 0.1) is 12.7 Å². The Morgan fingerprint density at radius 3 is 1.76 bits per heavy atom. The fourth-order valence-corrected chi connectivity index (χ4v) is 2.69. The van der Waals surface area contributed by atoms with Gasteiger partial charge in [0.2, 0.25) is 0 Å². The molecule has 0 bridgehead atoms. The van der Waals surface area contributed by atoms with Gasteiger partial charge in [0, 0.05) is 22.5 Å². The van der Waals surface area contributed by atoms with Crippen LogP contribution in [0.1, 0.15) is 36.6 Å². The summed E-state index contributed by atoms with van der Waals surface area (Å²) in [5, 5.41) is 5.60. The van der Waals surface area contributed by atoms with Gasteiger partial charge in [0.15, 0.2) is 0 Å². The van der Waals surface area contributed by atoms with Gasteiger partial charge in [-0.15, -0.1) is 0 Å². The van der Waals surface area contributed by atoms with E-state index in [0.717, 1.165) is 11.3 Å². The van der Waals surface area contributed by atoms with Gasteiger partial charge >= 0.3 is 5.97 Å². The van der Waals surface area contributed by atoms with Gasteiger partial charge in [-0.1, -0.05) is 18.2 Å². The molecule has 0 aliphatic rings. The Kier molecular flexibility index (Phi) is 6.04. The first-order valence-corrected chi connectivity index (χ1v) is 8.94. The average molecular weight is 388 g/mol. The van der Waals surface area contributed by atoms with Gasteiger partial charge in [0.25, 0.3) is 11.8 Å². The third kappa shape index (κ3) is 4.87. The van der Waals surface area contributed by atoms with Crippen LogP contribution in [0.15, 0.2) is 72.8 Å². The van der Waals surface area contributed by atoms with Crippen molar-refractivity contribution >= 4 is 29.2 Å². The number of esters is 1. The van der Waals surface area contributed by atoms with E-state index in [1.54, 1.807) is 48.5 Å². The Bertz CT molecular complexity index is 1040. The Morgan fingerprint density at radius 1 is 0.690 bits per heavy atom. The van der Waals surface area contributed by atoms with Crippen molar-refractivity contribution in [3.63, 3.8) is 0 Å². The van der Waals surface area contributed by atoms with Gasteiger partial charge in [0.1, 0.15) is 0 Å². The number of nitrogens with one attached hydrogen (secondary N) is 2. The van der Waals surface area contributed by atoms with Gasteiger partial charge in [-0.2, -0.15) is 0 Å². The Balaban J connectivity index is 1.64. The zero-order chi connectivity index (χ0) is 20.8. The Hall–Kier alpha value is -3.93. The molecule has 2 N–H and O–H groups in total. The van der Waals surface area contributed by atoms with E-state index in [2.05, 4.69) is 15.4 Å². The first kappa shape index (κ1) is 19.8. The predicted molar refractivity (Wildman–Crippen MR) is 111 cm³/mol. The lowest BCUT2D eigenvalue weighted by Crippen LogP contribution is -2.15. The lowest BCUT2D eigenvalue weighted by atomic mass is 10.1. The topological polar surface area (TPSA) is 84.5 Å². The number of hydrogen-bond acceptors (Lipinski definition) is 4. The minimum Gasteiger partial charge on any atom is -0.465 e. The minimum atomic E-state index is -0.442. The summed E-state index contributed by atoms with van der Waals surface area (Å²) in [6, 6.07) is 20.3. The third-order valence-electron chi connectivity index (χ3n) is 4.37. The highest BCUT2D eigenvalue weighted by molar-refractivity contribution is 6.07. The first-order valence-electron chi connectivity index (χ1n) is 8.94. The molecule has 6 nitrogen and oxygen atoms in total. The van der Waals surface area contributed by atoms with Gasteiger partial charge in [-0.3, -0.25) is 9.59 Å². The van der Waals surface area contributed by atoms with Crippen LogP contribution in [0.3, 0.4) is 0 Å². The maximum Gasteiger partial charge on any atom is 0.337 e. The zero-order valence-corrected chi connectivity index (χ0v) is 16.1. The van der Waals surface area contributed by atoms with Crippen molar-refractivity contribution in [3.05, 3.63) is 95.1 Å². The lowest BCUT2D eigenvalue weighted by Gasteiger charge is -2.09. The van der Waals surface area contributed by atoms with Crippen molar-refractivity contribution in [2.75, 3.05) is 17.7 Å². The molecule has 3 aromatic carbocycles. The van der Waals surface area contributed by atoms with E-state index in [4.69, 9.17) is 0 Å². The molecule has 146 valence electrons. The molecule has 0 saturated carbocycles. The van der Waals surface area contributed by atoms with Gasteiger partial charge in [-0.25, -0.2) is 4.79 Å². The molecule has 0 atom stereocenters. The van der Waals surface area contributed by atoms with Crippen LogP contribution >= 0.6 is 0 Å². The van der Waals surface area contributed by atoms with Crippen LogP contribution in [0.5, 0.6) is 0 Å². The molecule has 0 saturated heterocycles. The van der Waals surface area contributed by atoms with Crippen LogP contribution in [0.2, 0.25) is 0 Å². The minimum absolute atomic E-state index is 0.246. The van der Waals surface area contributed by atoms with Crippen LogP contribution in [0.25, 0.3) is 0 Å². The second-order valence-electron chi connectivity index (χ2n) is 6.37. The number of benzene rings is 3. The summed E-state index contributed by atoms with van der Waals surface area (Å²) in [6.45, 7) is 1.92. The highest BCUT2D eigenvalue weighted by Crippen LogP contribution is 2.16. The van der Waals surface area contributed by atoms with Gasteiger partial charge < -0.3 is 15.4 Å². The van der Waals surface area contributed by atoms with Crippen molar-refractivity contribution in [2.45, 2.75) is 6.92 Å². The average Bonchev–Trinajstić information content (AvgIpc) is 2.75. The third-order valence-corrected chi connectivity index (χ3v) is 4.37. The summed E-state index contributed by atoms with van der Waals surface area (Å²) in [7, 11) is 1.31. The maximum atomic E-state index is 12.4. The largest absolute Gasteiger partial charge is 0.465 e. The highest BCUT2D eigenvalue weighted by Gasteiger charge is 2.11. The van der Waals surface area contributed by atoms with Gasteiger partial charge in [-0.05, 0) is 67.1 Å². The van der Waals surface area contributed by atoms with Crippen LogP contribution in [0.4, 0.5) is 11.4 Å². The van der Waals surface area contributed by atoms with E-state index in [1.807, 2.05) is 31.2 Å².